The molecule has 0 fully saturated rings. The van der Waals surface area contributed by atoms with E-state index < -0.39 is 12.1 Å². The van der Waals surface area contributed by atoms with Crippen LogP contribution >= 0.6 is 0 Å². The molecule has 6 heteroatoms. The number of carbonyl (C=O) groups is 2. The highest BCUT2D eigenvalue weighted by molar-refractivity contribution is 5.76. The van der Waals surface area contributed by atoms with E-state index >= 15 is 0 Å². The number of rotatable bonds is 69. The highest BCUT2D eigenvalue weighted by atomic mass is 16.5. The van der Waals surface area contributed by atoms with Crippen molar-refractivity contribution < 1.29 is 24.5 Å². The molecule has 0 saturated carbocycles. The number of allylic oxidation sites excluding steroid dienone is 3. The van der Waals surface area contributed by atoms with Crippen molar-refractivity contribution in [1.29, 1.82) is 0 Å². The van der Waals surface area contributed by atoms with Crippen LogP contribution in [0.1, 0.15) is 412 Å². The molecule has 1 amide bonds. The van der Waals surface area contributed by atoms with Gasteiger partial charge in [-0.1, -0.05) is 366 Å². The molecule has 2 unspecified atom stereocenters. The van der Waals surface area contributed by atoms with Crippen LogP contribution in [0.3, 0.4) is 0 Å². The van der Waals surface area contributed by atoms with Crippen LogP contribution in [0, 0.1) is 0 Å². The van der Waals surface area contributed by atoms with Crippen molar-refractivity contribution in [2.24, 2.45) is 0 Å². The standard InChI is InChI=1S/C74H143NO5/c1-3-5-7-9-11-13-15-16-17-18-34-37-40-43-47-50-54-58-62-66-72(77)71(70-76)75-73(78)67-63-59-55-51-48-44-41-38-35-32-30-28-26-24-22-20-19-21-23-25-27-29-31-33-36-39-42-45-49-53-57-61-65-69-80-74(79)68-64-60-56-52-46-14-12-10-8-6-4-2/h23,25,62,66,71-72,76-77H,3-22,24,26-61,63-65,67-70H2,1-2H3,(H,75,78)/b25-23-,66-62+. The summed E-state index contributed by atoms with van der Waals surface area (Å²) in [5, 5.41) is 23.2. The lowest BCUT2D eigenvalue weighted by molar-refractivity contribution is -0.143. The van der Waals surface area contributed by atoms with E-state index in [1.807, 2.05) is 6.08 Å². The molecule has 6 nitrogen and oxygen atoms in total. The summed E-state index contributed by atoms with van der Waals surface area (Å²) in [6.45, 7) is 4.94. The van der Waals surface area contributed by atoms with Gasteiger partial charge in [-0.05, 0) is 57.8 Å². The summed E-state index contributed by atoms with van der Waals surface area (Å²) in [7, 11) is 0. The second kappa shape index (κ2) is 69.8. The molecule has 0 radical (unpaired) electrons. The van der Waals surface area contributed by atoms with E-state index in [4.69, 9.17) is 4.74 Å². The second-order valence-electron chi connectivity index (χ2n) is 25.3. The van der Waals surface area contributed by atoms with Crippen LogP contribution in [0.2, 0.25) is 0 Å². The van der Waals surface area contributed by atoms with E-state index in [2.05, 4.69) is 31.3 Å². The number of aliphatic hydroxyl groups excluding tert-OH is 2. The van der Waals surface area contributed by atoms with Gasteiger partial charge in [0.2, 0.25) is 5.91 Å². The van der Waals surface area contributed by atoms with Gasteiger partial charge in [-0.15, -0.1) is 0 Å². The summed E-state index contributed by atoms with van der Waals surface area (Å²) in [6, 6.07) is -0.626. The minimum atomic E-state index is -0.843. The number of aliphatic hydroxyl groups is 2. The van der Waals surface area contributed by atoms with Gasteiger partial charge in [-0.2, -0.15) is 0 Å². The van der Waals surface area contributed by atoms with Crippen LogP contribution in [0.25, 0.3) is 0 Å². The molecule has 0 aromatic carbocycles. The Kier molecular flexibility index (Phi) is 68.4. The molecule has 80 heavy (non-hydrogen) atoms. The summed E-state index contributed by atoms with van der Waals surface area (Å²) in [6.07, 6.45) is 88.5. The fourth-order valence-electron chi connectivity index (χ4n) is 11.6. The van der Waals surface area contributed by atoms with Crippen molar-refractivity contribution in [3.63, 3.8) is 0 Å². The Morgan fingerprint density at radius 3 is 0.887 bits per heavy atom. The predicted molar refractivity (Wildman–Crippen MR) is 352 cm³/mol. The largest absolute Gasteiger partial charge is 0.466 e. The molecular formula is C74H143NO5. The van der Waals surface area contributed by atoms with Crippen molar-refractivity contribution in [3.8, 4) is 0 Å². The van der Waals surface area contributed by atoms with Crippen molar-refractivity contribution in [2.45, 2.75) is 424 Å². The molecule has 0 aromatic heterocycles. The summed E-state index contributed by atoms with van der Waals surface area (Å²) >= 11 is 0. The third kappa shape index (κ3) is 65.5. The Bertz CT molecular complexity index is 1250. The van der Waals surface area contributed by atoms with Crippen LogP contribution in [-0.2, 0) is 14.3 Å². The van der Waals surface area contributed by atoms with Gasteiger partial charge < -0.3 is 20.3 Å². The molecule has 474 valence electrons. The fraction of sp³-hybridized carbons (Fsp3) is 0.919. The molecular weight excluding hydrogens is 983 g/mol. The van der Waals surface area contributed by atoms with Gasteiger partial charge in [0.15, 0.2) is 0 Å². The predicted octanol–water partition coefficient (Wildman–Crippen LogP) is 23.7. The first kappa shape index (κ1) is 78.3. The molecule has 0 heterocycles. The van der Waals surface area contributed by atoms with E-state index in [0.29, 0.717) is 19.4 Å². The first-order valence-electron chi connectivity index (χ1n) is 36.6. The zero-order chi connectivity index (χ0) is 57.8. The Labute approximate surface area is 501 Å². The first-order chi connectivity index (χ1) is 39.5. The Morgan fingerprint density at radius 1 is 0.338 bits per heavy atom. The minimum Gasteiger partial charge on any atom is -0.466 e. The van der Waals surface area contributed by atoms with Crippen molar-refractivity contribution >= 4 is 11.9 Å². The Balaban J connectivity index is 3.37. The molecule has 0 aliphatic carbocycles. The lowest BCUT2D eigenvalue weighted by Crippen LogP contribution is -2.45. The maximum Gasteiger partial charge on any atom is 0.305 e. The van der Waals surface area contributed by atoms with Gasteiger partial charge in [-0.25, -0.2) is 0 Å². The van der Waals surface area contributed by atoms with E-state index in [9.17, 15) is 19.8 Å². The molecule has 0 aliphatic rings. The zero-order valence-electron chi connectivity index (χ0n) is 54.3. The third-order valence-electron chi connectivity index (χ3n) is 17.2. The van der Waals surface area contributed by atoms with Gasteiger partial charge in [0.05, 0.1) is 25.4 Å². The number of hydrogen-bond donors (Lipinski definition) is 3. The number of ether oxygens (including phenoxy) is 1. The lowest BCUT2D eigenvalue weighted by Gasteiger charge is -2.20. The molecule has 3 N–H and O–H groups in total. The van der Waals surface area contributed by atoms with Gasteiger partial charge in [-0.3, -0.25) is 9.59 Å². The first-order valence-corrected chi connectivity index (χ1v) is 36.6. The quantitative estimate of drug-likeness (QED) is 0.0320. The van der Waals surface area contributed by atoms with Crippen LogP contribution in [0.5, 0.6) is 0 Å². The fourth-order valence-corrected chi connectivity index (χ4v) is 11.6. The second-order valence-corrected chi connectivity index (χ2v) is 25.3. The summed E-state index contributed by atoms with van der Waals surface area (Å²) in [5.41, 5.74) is 0. The number of unbranched alkanes of at least 4 members (excludes halogenated alkanes) is 56. The van der Waals surface area contributed by atoms with Gasteiger partial charge in [0.25, 0.3) is 0 Å². The van der Waals surface area contributed by atoms with Gasteiger partial charge in [0, 0.05) is 12.8 Å². The Hall–Kier alpha value is -1.66. The average molecular weight is 1130 g/mol. The van der Waals surface area contributed by atoms with E-state index in [0.717, 1.165) is 38.5 Å². The van der Waals surface area contributed by atoms with Crippen LogP contribution < -0.4 is 5.32 Å². The molecule has 0 bridgehead atoms. The summed E-state index contributed by atoms with van der Waals surface area (Å²) < 4.78 is 5.48. The maximum atomic E-state index is 12.5. The minimum absolute atomic E-state index is 0.0188. The van der Waals surface area contributed by atoms with E-state index in [1.54, 1.807) is 6.08 Å². The van der Waals surface area contributed by atoms with Crippen LogP contribution in [0.15, 0.2) is 24.3 Å². The van der Waals surface area contributed by atoms with Crippen molar-refractivity contribution in [1.82, 2.24) is 5.32 Å². The van der Waals surface area contributed by atoms with E-state index in [1.165, 1.54) is 347 Å². The number of nitrogens with one attached hydrogen (secondary N) is 1. The summed E-state index contributed by atoms with van der Waals surface area (Å²) in [5.74, 6) is -0.0421. The Morgan fingerprint density at radius 2 is 0.588 bits per heavy atom. The van der Waals surface area contributed by atoms with Gasteiger partial charge in [0.1, 0.15) is 0 Å². The normalized spacial score (nSPS) is 12.6. The molecule has 0 spiro atoms. The lowest BCUT2D eigenvalue weighted by atomic mass is 10.0. The zero-order valence-corrected chi connectivity index (χ0v) is 54.3. The van der Waals surface area contributed by atoms with E-state index in [-0.39, 0.29) is 18.5 Å². The summed E-state index contributed by atoms with van der Waals surface area (Å²) in [4.78, 5) is 24.5. The number of carbonyl (C=O) groups excluding carboxylic acids is 2. The third-order valence-corrected chi connectivity index (χ3v) is 17.2. The molecule has 0 aliphatic heterocycles. The highest BCUT2D eigenvalue weighted by Gasteiger charge is 2.18. The van der Waals surface area contributed by atoms with Crippen molar-refractivity contribution in [2.75, 3.05) is 13.2 Å². The van der Waals surface area contributed by atoms with Gasteiger partial charge >= 0.3 is 5.97 Å². The topological polar surface area (TPSA) is 95.9 Å². The number of esters is 1. The van der Waals surface area contributed by atoms with Crippen molar-refractivity contribution in [3.05, 3.63) is 24.3 Å². The molecule has 0 saturated heterocycles. The molecule has 0 rings (SSSR count). The molecule has 2 atom stereocenters. The SMILES string of the molecule is CCCCCCCCCCCCCCCCCCC/C=C/C(O)C(CO)NC(=O)CCCCCCCCCCCCCCCCCCC/C=C\CCCCCCCCCCCCCCOC(=O)CCCCCCCCCCCCC. The molecule has 0 aromatic rings. The monoisotopic (exact) mass is 1130 g/mol. The average Bonchev–Trinajstić information content (AvgIpc) is 3.46. The smallest absolute Gasteiger partial charge is 0.305 e. The number of hydrogen-bond acceptors (Lipinski definition) is 5. The van der Waals surface area contributed by atoms with Crippen LogP contribution in [-0.4, -0.2) is 47.4 Å². The highest BCUT2D eigenvalue weighted by Crippen LogP contribution is 2.19. The van der Waals surface area contributed by atoms with Crippen LogP contribution in [0.4, 0.5) is 0 Å². The maximum absolute atomic E-state index is 12.5. The number of amides is 1.